The minimum absolute atomic E-state index is 0.414. The maximum absolute atomic E-state index is 11.5. The fourth-order valence-corrected chi connectivity index (χ4v) is 10.5. The number of carbonyl (C=O) groups excluding carboxylic acids is 1. The molecule has 0 aromatic rings. The Labute approximate surface area is 192 Å². The lowest BCUT2D eigenvalue weighted by molar-refractivity contribution is -0.126. The normalized spacial score (nSPS) is 51.8. The lowest BCUT2D eigenvalue weighted by Crippen LogP contribution is -2.54. The highest BCUT2D eigenvalue weighted by atomic mass is 16.1. The smallest absolute Gasteiger partial charge is 0.123 e. The van der Waals surface area contributed by atoms with E-state index in [2.05, 4.69) is 34.6 Å². The fourth-order valence-electron chi connectivity index (χ4n) is 10.5. The topological polar surface area (TPSA) is 17.1 Å². The van der Waals surface area contributed by atoms with Gasteiger partial charge in [-0.05, 0) is 122 Å². The summed E-state index contributed by atoms with van der Waals surface area (Å²) in [4.78, 5) is 11.5. The molecule has 0 radical (unpaired) electrons. The van der Waals surface area contributed by atoms with Crippen LogP contribution in [0.25, 0.3) is 0 Å². The number of fused-ring (bicyclic) bond motifs is 5. The quantitative estimate of drug-likeness (QED) is 0.390. The minimum Gasteiger partial charge on any atom is -0.303 e. The number of hydrogen-bond donors (Lipinski definition) is 0. The molecule has 0 aromatic carbocycles. The summed E-state index contributed by atoms with van der Waals surface area (Å²) in [5.41, 5.74) is 1.65. The molecule has 1 spiro atoms. The highest BCUT2D eigenvalue weighted by Crippen LogP contribution is 2.73. The molecule has 176 valence electrons. The van der Waals surface area contributed by atoms with Crippen molar-refractivity contribution in [3.05, 3.63) is 0 Å². The average Bonchev–Trinajstić information content (AvgIpc) is 3.29. The van der Waals surface area contributed by atoms with Crippen LogP contribution in [-0.2, 0) is 4.79 Å². The zero-order chi connectivity index (χ0) is 22.0. The molecule has 10 atom stereocenters. The fraction of sp³-hybridized carbons (Fsp3) is 0.967. The van der Waals surface area contributed by atoms with E-state index in [1.54, 1.807) is 0 Å². The van der Waals surface area contributed by atoms with Crippen molar-refractivity contribution in [1.82, 2.24) is 0 Å². The van der Waals surface area contributed by atoms with Crippen molar-refractivity contribution in [2.24, 2.45) is 63.6 Å². The Morgan fingerprint density at radius 1 is 0.839 bits per heavy atom. The Morgan fingerprint density at radius 3 is 2.32 bits per heavy atom. The largest absolute Gasteiger partial charge is 0.303 e. The van der Waals surface area contributed by atoms with Gasteiger partial charge in [-0.25, -0.2) is 0 Å². The third kappa shape index (κ3) is 3.49. The first-order valence-corrected chi connectivity index (χ1v) is 14.2. The van der Waals surface area contributed by atoms with E-state index in [4.69, 9.17) is 0 Å². The second kappa shape index (κ2) is 7.87. The van der Waals surface area contributed by atoms with Gasteiger partial charge in [0.05, 0.1) is 0 Å². The molecule has 0 N–H and O–H groups in total. The highest BCUT2D eigenvalue weighted by Gasteiger charge is 2.65. The van der Waals surface area contributed by atoms with Gasteiger partial charge in [-0.3, -0.25) is 0 Å². The summed E-state index contributed by atoms with van der Waals surface area (Å²) in [5.74, 6) is 7.06. The maximum Gasteiger partial charge on any atom is 0.123 e. The molecule has 31 heavy (non-hydrogen) atoms. The number of hydrogen-bond acceptors (Lipinski definition) is 1. The van der Waals surface area contributed by atoms with Crippen molar-refractivity contribution >= 4 is 6.29 Å². The first-order chi connectivity index (χ1) is 14.7. The SMILES string of the molecule is CC(C)CCC[C@@H](C)C1CCC2C3CC[C@H]4C[C@]5(CC[C@]4(C)C3CC[C@@]21C)CC5C=O. The van der Waals surface area contributed by atoms with Crippen molar-refractivity contribution in [3.63, 3.8) is 0 Å². The van der Waals surface area contributed by atoms with E-state index in [1.165, 1.54) is 89.8 Å². The van der Waals surface area contributed by atoms with Crippen LogP contribution in [0.15, 0.2) is 0 Å². The van der Waals surface area contributed by atoms with Crippen LogP contribution in [0.1, 0.15) is 118 Å². The molecule has 5 rings (SSSR count). The van der Waals surface area contributed by atoms with Gasteiger partial charge >= 0.3 is 0 Å². The molecule has 0 saturated heterocycles. The van der Waals surface area contributed by atoms with Gasteiger partial charge in [0.15, 0.2) is 0 Å². The summed E-state index contributed by atoms with van der Waals surface area (Å²) in [5, 5.41) is 0. The van der Waals surface area contributed by atoms with Gasteiger partial charge in [0, 0.05) is 5.92 Å². The summed E-state index contributed by atoms with van der Waals surface area (Å²) >= 11 is 0. The summed E-state index contributed by atoms with van der Waals surface area (Å²) < 4.78 is 0. The van der Waals surface area contributed by atoms with Gasteiger partial charge in [-0.1, -0.05) is 53.9 Å². The van der Waals surface area contributed by atoms with Crippen molar-refractivity contribution in [3.8, 4) is 0 Å². The van der Waals surface area contributed by atoms with Crippen LogP contribution in [0.3, 0.4) is 0 Å². The molecule has 0 heterocycles. The first kappa shape index (κ1) is 22.5. The zero-order valence-corrected chi connectivity index (χ0v) is 21.3. The highest BCUT2D eigenvalue weighted by molar-refractivity contribution is 5.60. The van der Waals surface area contributed by atoms with Crippen LogP contribution in [0.5, 0.6) is 0 Å². The van der Waals surface area contributed by atoms with Crippen LogP contribution in [0, 0.1) is 63.6 Å². The summed E-state index contributed by atoms with van der Waals surface area (Å²) in [6.07, 6.45) is 20.0. The Bertz CT molecular complexity index is 682. The second-order valence-corrected chi connectivity index (χ2v) is 14.2. The summed E-state index contributed by atoms with van der Waals surface area (Å²) in [6.45, 7) is 12.8. The van der Waals surface area contributed by atoms with Gasteiger partial charge in [-0.15, -0.1) is 0 Å². The number of carbonyl (C=O) groups is 1. The van der Waals surface area contributed by atoms with Crippen molar-refractivity contribution in [2.45, 2.75) is 118 Å². The number of aldehydes is 1. The van der Waals surface area contributed by atoms with Crippen LogP contribution < -0.4 is 0 Å². The van der Waals surface area contributed by atoms with Gasteiger partial charge in [-0.2, -0.15) is 0 Å². The van der Waals surface area contributed by atoms with Gasteiger partial charge < -0.3 is 4.79 Å². The van der Waals surface area contributed by atoms with Gasteiger partial charge in [0.1, 0.15) is 6.29 Å². The molecule has 5 unspecified atom stereocenters. The number of rotatable bonds is 6. The standard InChI is InChI=1S/C30H50O/c1-20(2)7-6-8-21(3)25-11-12-26-24-10-9-22-17-30(18-23(30)19-31)16-15-28(22,4)27(24)13-14-29(25,26)5/h19-27H,6-18H2,1-5H3/t21-,22+,23?,24?,25?,26?,27?,28+,29-,30-/m1/s1. The lowest BCUT2D eigenvalue weighted by atomic mass is 9.43. The molecule has 0 aromatic heterocycles. The Hall–Kier alpha value is -0.330. The molecule has 0 aliphatic heterocycles. The first-order valence-electron chi connectivity index (χ1n) is 14.2. The Balaban J connectivity index is 1.28. The van der Waals surface area contributed by atoms with Crippen LogP contribution >= 0.6 is 0 Å². The second-order valence-electron chi connectivity index (χ2n) is 14.2. The average molecular weight is 427 g/mol. The summed E-state index contributed by atoms with van der Waals surface area (Å²) in [6, 6.07) is 0. The zero-order valence-electron chi connectivity index (χ0n) is 21.3. The van der Waals surface area contributed by atoms with Crippen molar-refractivity contribution in [2.75, 3.05) is 0 Å². The predicted molar refractivity (Wildman–Crippen MR) is 130 cm³/mol. The molecule has 0 bridgehead atoms. The van der Waals surface area contributed by atoms with E-state index in [1.807, 2.05) is 0 Å². The van der Waals surface area contributed by atoms with E-state index in [9.17, 15) is 4.79 Å². The minimum atomic E-state index is 0.414. The Kier molecular flexibility index (Phi) is 5.70. The molecular weight excluding hydrogens is 376 g/mol. The van der Waals surface area contributed by atoms with E-state index in [0.29, 0.717) is 22.2 Å². The molecular formula is C30H50O. The monoisotopic (exact) mass is 426 g/mol. The molecule has 5 aliphatic carbocycles. The predicted octanol–water partition coefficient (Wildman–Crippen LogP) is 8.31. The molecule has 5 aliphatic rings. The maximum atomic E-state index is 11.5. The molecule has 5 fully saturated rings. The summed E-state index contributed by atoms with van der Waals surface area (Å²) in [7, 11) is 0. The molecule has 1 heteroatoms. The van der Waals surface area contributed by atoms with Crippen molar-refractivity contribution < 1.29 is 4.79 Å². The molecule has 0 amide bonds. The van der Waals surface area contributed by atoms with Crippen molar-refractivity contribution in [1.29, 1.82) is 0 Å². The van der Waals surface area contributed by atoms with E-state index >= 15 is 0 Å². The third-order valence-electron chi connectivity index (χ3n) is 12.5. The molecule has 1 nitrogen and oxygen atoms in total. The van der Waals surface area contributed by atoms with Gasteiger partial charge in [0.2, 0.25) is 0 Å². The molecule has 5 saturated carbocycles. The third-order valence-corrected chi connectivity index (χ3v) is 12.5. The lowest BCUT2D eigenvalue weighted by Gasteiger charge is -2.61. The van der Waals surface area contributed by atoms with Crippen LogP contribution in [-0.4, -0.2) is 6.29 Å². The van der Waals surface area contributed by atoms with E-state index in [-0.39, 0.29) is 0 Å². The Morgan fingerprint density at radius 2 is 1.61 bits per heavy atom. The van der Waals surface area contributed by atoms with Gasteiger partial charge in [0.25, 0.3) is 0 Å². The van der Waals surface area contributed by atoms with Crippen LogP contribution in [0.2, 0.25) is 0 Å². The van der Waals surface area contributed by atoms with Crippen LogP contribution in [0.4, 0.5) is 0 Å². The van der Waals surface area contributed by atoms with E-state index < -0.39 is 0 Å². The van der Waals surface area contributed by atoms with E-state index in [0.717, 1.165) is 41.4 Å².